The quantitative estimate of drug-likeness (QED) is 0.918. The molecule has 2 aromatic rings. The molecule has 22 heavy (non-hydrogen) atoms. The summed E-state index contributed by atoms with van der Waals surface area (Å²) in [4.78, 5) is 23.8. The number of aromatic nitrogens is 2. The minimum Gasteiger partial charge on any atom is -0.495 e. The molecule has 0 saturated heterocycles. The number of anilines is 1. The maximum Gasteiger partial charge on any atom is 0.276 e. The van der Waals surface area contributed by atoms with Crippen LogP contribution in [0.1, 0.15) is 23.8 Å². The van der Waals surface area contributed by atoms with Gasteiger partial charge >= 0.3 is 0 Å². The Balaban J connectivity index is 2.20. The van der Waals surface area contributed by atoms with Gasteiger partial charge < -0.3 is 10.1 Å². The lowest BCUT2D eigenvalue weighted by Crippen LogP contribution is -2.26. The Morgan fingerprint density at radius 3 is 2.77 bits per heavy atom. The molecular formula is C15H16ClN3O3. The van der Waals surface area contributed by atoms with Crippen LogP contribution >= 0.6 is 11.6 Å². The van der Waals surface area contributed by atoms with Crippen molar-refractivity contribution in [1.29, 1.82) is 0 Å². The number of ether oxygens (including phenoxy) is 1. The summed E-state index contributed by atoms with van der Waals surface area (Å²) in [6.07, 6.45) is 0.756. The lowest BCUT2D eigenvalue weighted by molar-refractivity contribution is 0.101. The van der Waals surface area contributed by atoms with Gasteiger partial charge in [-0.1, -0.05) is 18.5 Å². The van der Waals surface area contributed by atoms with Crippen molar-refractivity contribution >= 4 is 23.2 Å². The molecule has 0 aliphatic heterocycles. The van der Waals surface area contributed by atoms with Crippen LogP contribution < -0.4 is 15.6 Å². The molecule has 1 aromatic carbocycles. The van der Waals surface area contributed by atoms with Crippen molar-refractivity contribution in [2.24, 2.45) is 0 Å². The first-order chi connectivity index (χ1) is 10.5. The molecule has 1 N–H and O–H groups in total. The Bertz CT molecular complexity index is 743. The molecule has 6 nitrogen and oxygen atoms in total. The zero-order valence-electron chi connectivity index (χ0n) is 12.3. The molecule has 2 rings (SSSR count). The van der Waals surface area contributed by atoms with E-state index in [-0.39, 0.29) is 11.3 Å². The fourth-order valence-corrected chi connectivity index (χ4v) is 2.14. The SMILES string of the molecule is CCCn1nc(C(=O)Nc2ccc(OC)c(Cl)c2)ccc1=O. The summed E-state index contributed by atoms with van der Waals surface area (Å²) in [5.74, 6) is 0.111. The van der Waals surface area contributed by atoms with Crippen molar-refractivity contribution in [3.05, 3.63) is 51.4 Å². The molecule has 1 aromatic heterocycles. The van der Waals surface area contributed by atoms with Gasteiger partial charge in [0.2, 0.25) is 0 Å². The zero-order chi connectivity index (χ0) is 16.1. The van der Waals surface area contributed by atoms with Crippen molar-refractivity contribution < 1.29 is 9.53 Å². The molecule has 0 spiro atoms. The van der Waals surface area contributed by atoms with Crippen molar-refractivity contribution in [3.8, 4) is 5.75 Å². The van der Waals surface area contributed by atoms with Crippen molar-refractivity contribution in [1.82, 2.24) is 9.78 Å². The van der Waals surface area contributed by atoms with Gasteiger partial charge in [-0.15, -0.1) is 0 Å². The number of benzene rings is 1. The molecule has 0 atom stereocenters. The number of amides is 1. The number of aryl methyl sites for hydroxylation is 1. The van der Waals surface area contributed by atoms with E-state index in [4.69, 9.17) is 16.3 Å². The first-order valence-electron chi connectivity index (χ1n) is 6.78. The first kappa shape index (κ1) is 16.0. The van der Waals surface area contributed by atoms with E-state index in [1.165, 1.54) is 23.9 Å². The number of carbonyl (C=O) groups excluding carboxylic acids is 1. The largest absolute Gasteiger partial charge is 0.495 e. The summed E-state index contributed by atoms with van der Waals surface area (Å²) in [5, 5.41) is 7.12. The predicted molar refractivity (Wildman–Crippen MR) is 84.7 cm³/mol. The zero-order valence-corrected chi connectivity index (χ0v) is 13.1. The van der Waals surface area contributed by atoms with Crippen LogP contribution in [0.3, 0.4) is 0 Å². The average molecular weight is 322 g/mol. The summed E-state index contributed by atoms with van der Waals surface area (Å²) in [7, 11) is 1.51. The van der Waals surface area contributed by atoms with Crippen molar-refractivity contribution in [3.63, 3.8) is 0 Å². The molecule has 0 bridgehead atoms. The van der Waals surface area contributed by atoms with Gasteiger partial charge in [-0.2, -0.15) is 5.10 Å². The molecule has 0 unspecified atom stereocenters. The molecule has 0 saturated carbocycles. The highest BCUT2D eigenvalue weighted by molar-refractivity contribution is 6.32. The van der Waals surface area contributed by atoms with Crippen LogP contribution in [0.25, 0.3) is 0 Å². The van der Waals surface area contributed by atoms with E-state index in [0.717, 1.165) is 6.42 Å². The number of methoxy groups -OCH3 is 1. The topological polar surface area (TPSA) is 73.2 Å². The van der Waals surface area contributed by atoms with Crippen LogP contribution in [0.2, 0.25) is 5.02 Å². The average Bonchev–Trinajstić information content (AvgIpc) is 2.50. The highest BCUT2D eigenvalue weighted by Gasteiger charge is 2.11. The fourth-order valence-electron chi connectivity index (χ4n) is 1.88. The maximum absolute atomic E-state index is 12.2. The van der Waals surface area contributed by atoms with Crippen LogP contribution in [-0.2, 0) is 6.54 Å². The second kappa shape index (κ2) is 7.09. The lowest BCUT2D eigenvalue weighted by atomic mass is 10.3. The molecular weight excluding hydrogens is 306 g/mol. The number of hydrogen-bond donors (Lipinski definition) is 1. The van der Waals surface area contributed by atoms with Gasteiger partial charge in [-0.3, -0.25) is 9.59 Å². The molecule has 116 valence electrons. The molecule has 7 heteroatoms. The monoisotopic (exact) mass is 321 g/mol. The lowest BCUT2D eigenvalue weighted by Gasteiger charge is -2.09. The maximum atomic E-state index is 12.2. The minimum atomic E-state index is -0.411. The van der Waals surface area contributed by atoms with Crippen molar-refractivity contribution in [2.45, 2.75) is 19.9 Å². The van der Waals surface area contributed by atoms with E-state index >= 15 is 0 Å². The third kappa shape index (κ3) is 3.65. The van der Waals surface area contributed by atoms with E-state index in [1.807, 2.05) is 6.92 Å². The van der Waals surface area contributed by atoms with Gasteiger partial charge in [-0.25, -0.2) is 4.68 Å². The minimum absolute atomic E-state index is 0.167. The Labute approximate surface area is 132 Å². The number of carbonyl (C=O) groups is 1. The molecule has 1 amide bonds. The van der Waals surface area contributed by atoms with E-state index in [0.29, 0.717) is 23.0 Å². The standard InChI is InChI=1S/C15H16ClN3O3/c1-3-8-19-14(20)7-5-12(18-19)15(21)17-10-4-6-13(22-2)11(16)9-10/h4-7,9H,3,8H2,1-2H3,(H,17,21). The van der Waals surface area contributed by atoms with Crippen LogP contribution in [0, 0.1) is 0 Å². The first-order valence-corrected chi connectivity index (χ1v) is 7.16. The van der Waals surface area contributed by atoms with E-state index < -0.39 is 5.91 Å². The summed E-state index contributed by atoms with van der Waals surface area (Å²) < 4.78 is 6.32. The molecule has 0 aliphatic rings. The molecule has 0 aliphatic carbocycles. The van der Waals surface area contributed by atoms with E-state index in [9.17, 15) is 9.59 Å². The Morgan fingerprint density at radius 2 is 2.14 bits per heavy atom. The third-order valence-electron chi connectivity index (χ3n) is 2.94. The van der Waals surface area contributed by atoms with Gasteiger partial charge in [0.25, 0.3) is 11.5 Å². The molecule has 0 radical (unpaired) electrons. The third-order valence-corrected chi connectivity index (χ3v) is 3.24. The summed E-state index contributed by atoms with van der Waals surface area (Å²) >= 11 is 6.01. The summed E-state index contributed by atoms with van der Waals surface area (Å²) in [6, 6.07) is 7.64. The van der Waals surface area contributed by atoms with E-state index in [2.05, 4.69) is 10.4 Å². The second-order valence-electron chi connectivity index (χ2n) is 4.58. The van der Waals surface area contributed by atoms with E-state index in [1.54, 1.807) is 18.2 Å². The van der Waals surface area contributed by atoms with Gasteiger partial charge in [0.05, 0.1) is 12.1 Å². The Kier molecular flexibility index (Phi) is 5.16. The number of nitrogens with zero attached hydrogens (tertiary/aromatic N) is 2. The Hall–Kier alpha value is -2.34. The highest BCUT2D eigenvalue weighted by atomic mass is 35.5. The number of nitrogens with one attached hydrogen (secondary N) is 1. The smallest absolute Gasteiger partial charge is 0.276 e. The number of hydrogen-bond acceptors (Lipinski definition) is 4. The fraction of sp³-hybridized carbons (Fsp3) is 0.267. The number of halogens is 1. The van der Waals surface area contributed by atoms with Crippen LogP contribution in [-0.4, -0.2) is 22.8 Å². The van der Waals surface area contributed by atoms with Crippen LogP contribution in [0.5, 0.6) is 5.75 Å². The van der Waals surface area contributed by atoms with Gasteiger partial charge in [0, 0.05) is 18.3 Å². The number of rotatable bonds is 5. The van der Waals surface area contributed by atoms with Crippen LogP contribution in [0.4, 0.5) is 5.69 Å². The van der Waals surface area contributed by atoms with Crippen molar-refractivity contribution in [2.75, 3.05) is 12.4 Å². The Morgan fingerprint density at radius 1 is 1.36 bits per heavy atom. The summed E-state index contributed by atoms with van der Waals surface area (Å²) in [6.45, 7) is 2.40. The van der Waals surface area contributed by atoms with Gasteiger partial charge in [-0.05, 0) is 30.7 Å². The predicted octanol–water partition coefficient (Wildman–Crippen LogP) is 2.57. The van der Waals surface area contributed by atoms with Gasteiger partial charge in [0.15, 0.2) is 0 Å². The highest BCUT2D eigenvalue weighted by Crippen LogP contribution is 2.27. The normalized spacial score (nSPS) is 10.3. The molecule has 1 heterocycles. The van der Waals surface area contributed by atoms with Gasteiger partial charge in [0.1, 0.15) is 11.4 Å². The second-order valence-corrected chi connectivity index (χ2v) is 4.99. The van der Waals surface area contributed by atoms with Crippen LogP contribution in [0.15, 0.2) is 35.1 Å². The molecule has 0 fully saturated rings. The summed E-state index contributed by atoms with van der Waals surface area (Å²) in [5.41, 5.74) is 0.455.